The van der Waals surface area contributed by atoms with E-state index in [0.717, 1.165) is 36.8 Å². The van der Waals surface area contributed by atoms with Gasteiger partial charge in [-0.25, -0.2) is 4.79 Å². The van der Waals surface area contributed by atoms with Crippen LogP contribution in [0.2, 0.25) is 0 Å². The van der Waals surface area contributed by atoms with Gasteiger partial charge < -0.3 is 20.1 Å². The standard InChI is InChI=1S/C28H40O6/c1-15-13-23(34-25(32)18(15)14-29)16(2)28(33)12-10-19-17-5-6-21-22(30)7-8-24(31)27(21,4)20(17)9-11-26(19,28)3/h6,16-17,19-20,22-23,29-30,33H,5,7-14H2,1-4H3/t16-,17+,19+,20+,22+,23-,26+,27-,28+/m1/s1. The number of ether oxygens (including phenoxy) is 1. The molecule has 1 heterocycles. The lowest BCUT2D eigenvalue weighted by Gasteiger charge is -2.59. The second-order valence-corrected chi connectivity index (χ2v) is 12.2. The minimum absolute atomic E-state index is 0.204. The first-order valence-electron chi connectivity index (χ1n) is 13.1. The van der Waals surface area contributed by atoms with Crippen LogP contribution in [0, 0.1) is 34.5 Å². The Balaban J connectivity index is 1.44. The van der Waals surface area contributed by atoms with Crippen molar-refractivity contribution in [3.8, 4) is 0 Å². The van der Waals surface area contributed by atoms with E-state index in [1.54, 1.807) is 0 Å². The molecule has 0 spiro atoms. The van der Waals surface area contributed by atoms with Gasteiger partial charge >= 0.3 is 5.97 Å². The summed E-state index contributed by atoms with van der Waals surface area (Å²) < 4.78 is 5.74. The molecule has 0 aromatic heterocycles. The van der Waals surface area contributed by atoms with Crippen molar-refractivity contribution in [1.29, 1.82) is 0 Å². The number of esters is 1. The van der Waals surface area contributed by atoms with Gasteiger partial charge in [0.1, 0.15) is 11.9 Å². The Labute approximate surface area is 202 Å². The summed E-state index contributed by atoms with van der Waals surface area (Å²) in [4.78, 5) is 25.7. The first kappa shape index (κ1) is 24.2. The molecule has 0 saturated heterocycles. The van der Waals surface area contributed by atoms with Gasteiger partial charge in [-0.3, -0.25) is 4.79 Å². The van der Waals surface area contributed by atoms with Gasteiger partial charge in [-0.2, -0.15) is 0 Å². The zero-order chi connectivity index (χ0) is 24.6. The van der Waals surface area contributed by atoms with Crippen molar-refractivity contribution in [1.82, 2.24) is 0 Å². The van der Waals surface area contributed by atoms with Crippen molar-refractivity contribution < 1.29 is 29.6 Å². The first-order valence-corrected chi connectivity index (χ1v) is 13.1. The second kappa shape index (κ2) is 8.01. The van der Waals surface area contributed by atoms with Crippen LogP contribution < -0.4 is 0 Å². The highest BCUT2D eigenvalue weighted by Crippen LogP contribution is 2.68. The third-order valence-corrected chi connectivity index (χ3v) is 11.2. The maximum Gasteiger partial charge on any atom is 0.336 e. The van der Waals surface area contributed by atoms with Crippen molar-refractivity contribution >= 4 is 11.8 Å². The quantitative estimate of drug-likeness (QED) is 0.429. The van der Waals surface area contributed by atoms with E-state index in [4.69, 9.17) is 4.74 Å². The molecule has 6 heteroatoms. The number of fused-ring (bicyclic) bond motifs is 5. The Morgan fingerprint density at radius 2 is 1.85 bits per heavy atom. The van der Waals surface area contributed by atoms with Crippen molar-refractivity contribution in [2.75, 3.05) is 6.61 Å². The van der Waals surface area contributed by atoms with E-state index < -0.39 is 29.2 Å². The molecule has 0 aromatic carbocycles. The smallest absolute Gasteiger partial charge is 0.336 e. The number of hydrogen-bond acceptors (Lipinski definition) is 6. The van der Waals surface area contributed by atoms with Gasteiger partial charge in [0.2, 0.25) is 0 Å². The van der Waals surface area contributed by atoms with Crippen LogP contribution in [0.1, 0.15) is 79.1 Å². The van der Waals surface area contributed by atoms with Crippen molar-refractivity contribution in [3.63, 3.8) is 0 Å². The van der Waals surface area contributed by atoms with Crippen LogP contribution in [0.15, 0.2) is 22.8 Å². The SMILES string of the molecule is CC1=C(CO)C(=O)O[C@@H]([C@@H](C)[C@@]2(O)CC[C@H]3[C@@H]4CC=C5[C@@H](O)CCC(=O)[C@]5(C)[C@H]4CC[C@@]32C)C1. The molecule has 0 unspecified atom stereocenters. The molecule has 4 aliphatic carbocycles. The first-order chi connectivity index (χ1) is 16.0. The lowest BCUT2D eigenvalue weighted by atomic mass is 9.46. The summed E-state index contributed by atoms with van der Waals surface area (Å²) in [6.45, 7) is 7.82. The zero-order valence-corrected chi connectivity index (χ0v) is 21.0. The summed E-state index contributed by atoms with van der Waals surface area (Å²) in [5, 5.41) is 32.4. The zero-order valence-electron chi connectivity index (χ0n) is 21.0. The van der Waals surface area contributed by atoms with Crippen LogP contribution in [0.25, 0.3) is 0 Å². The highest BCUT2D eigenvalue weighted by atomic mass is 16.5. The normalized spacial score (nSPS) is 47.4. The molecule has 9 atom stereocenters. The number of cyclic esters (lactones) is 1. The Bertz CT molecular complexity index is 966. The summed E-state index contributed by atoms with van der Waals surface area (Å²) in [6, 6.07) is 0. The monoisotopic (exact) mass is 472 g/mol. The van der Waals surface area contributed by atoms with E-state index in [1.807, 2.05) is 13.8 Å². The number of aliphatic hydroxyl groups excluding tert-OH is 2. The van der Waals surface area contributed by atoms with Crippen LogP contribution in [0.4, 0.5) is 0 Å². The number of allylic oxidation sites excluding steroid dienone is 1. The summed E-state index contributed by atoms with van der Waals surface area (Å²) in [5.74, 6) is 0.350. The maximum absolute atomic E-state index is 13.2. The van der Waals surface area contributed by atoms with E-state index >= 15 is 0 Å². The summed E-state index contributed by atoms with van der Waals surface area (Å²) in [6.07, 6.45) is 6.81. The third-order valence-electron chi connectivity index (χ3n) is 11.2. The number of ketones is 1. The number of rotatable bonds is 3. The molecular formula is C28H40O6. The van der Waals surface area contributed by atoms with E-state index in [1.165, 1.54) is 0 Å². The molecule has 34 heavy (non-hydrogen) atoms. The van der Waals surface area contributed by atoms with E-state index in [2.05, 4.69) is 19.9 Å². The molecule has 5 aliphatic rings. The summed E-state index contributed by atoms with van der Waals surface area (Å²) >= 11 is 0. The van der Waals surface area contributed by atoms with Crippen molar-refractivity contribution in [2.45, 2.75) is 96.9 Å². The predicted octanol–water partition coefficient (Wildman–Crippen LogP) is 3.48. The highest BCUT2D eigenvalue weighted by Gasteiger charge is 2.67. The van der Waals surface area contributed by atoms with Gasteiger partial charge in [-0.1, -0.05) is 25.5 Å². The number of aliphatic hydroxyl groups is 3. The minimum atomic E-state index is -0.967. The summed E-state index contributed by atoms with van der Waals surface area (Å²) in [5.41, 5.74) is 0.235. The van der Waals surface area contributed by atoms with Gasteiger partial charge in [-0.15, -0.1) is 0 Å². The number of carbonyl (C=O) groups is 2. The molecule has 1 aliphatic heterocycles. The third kappa shape index (κ3) is 3.04. The molecular weight excluding hydrogens is 432 g/mol. The molecule has 0 aromatic rings. The average molecular weight is 473 g/mol. The second-order valence-electron chi connectivity index (χ2n) is 12.2. The lowest BCUT2D eigenvalue weighted by Crippen LogP contribution is -2.60. The molecule has 6 nitrogen and oxygen atoms in total. The van der Waals surface area contributed by atoms with Crippen molar-refractivity contribution in [3.05, 3.63) is 22.8 Å². The molecule has 5 rings (SSSR count). The fraction of sp³-hybridized carbons (Fsp3) is 0.786. The minimum Gasteiger partial charge on any atom is -0.458 e. The Morgan fingerprint density at radius 1 is 1.15 bits per heavy atom. The molecule has 0 radical (unpaired) electrons. The Hall–Kier alpha value is -1.50. The molecule has 188 valence electrons. The molecule has 0 amide bonds. The van der Waals surface area contributed by atoms with E-state index in [0.29, 0.717) is 37.2 Å². The van der Waals surface area contributed by atoms with Gasteiger partial charge in [0.05, 0.1) is 29.3 Å². The number of carbonyl (C=O) groups excluding carboxylic acids is 2. The lowest BCUT2D eigenvalue weighted by molar-refractivity contribution is -0.182. The summed E-state index contributed by atoms with van der Waals surface area (Å²) in [7, 11) is 0. The van der Waals surface area contributed by atoms with Gasteiger partial charge in [0.15, 0.2) is 0 Å². The highest BCUT2D eigenvalue weighted by molar-refractivity contribution is 5.90. The average Bonchev–Trinajstić information content (AvgIpc) is 3.07. The number of Topliss-reactive ketones (excluding diaryl/α,β-unsaturated/α-hetero) is 1. The maximum atomic E-state index is 13.2. The van der Waals surface area contributed by atoms with Gasteiger partial charge in [0.25, 0.3) is 0 Å². The fourth-order valence-corrected chi connectivity index (χ4v) is 8.99. The fourth-order valence-electron chi connectivity index (χ4n) is 8.99. The molecule has 3 N–H and O–H groups in total. The molecule has 3 saturated carbocycles. The van der Waals surface area contributed by atoms with Crippen LogP contribution in [-0.2, 0) is 14.3 Å². The molecule has 0 bridgehead atoms. The van der Waals surface area contributed by atoms with Gasteiger partial charge in [0, 0.05) is 18.8 Å². The largest absolute Gasteiger partial charge is 0.458 e. The van der Waals surface area contributed by atoms with E-state index in [9.17, 15) is 24.9 Å². The topological polar surface area (TPSA) is 104 Å². The van der Waals surface area contributed by atoms with E-state index in [-0.39, 0.29) is 35.6 Å². The molecule has 3 fully saturated rings. The van der Waals surface area contributed by atoms with Crippen LogP contribution >= 0.6 is 0 Å². The van der Waals surface area contributed by atoms with Gasteiger partial charge in [-0.05, 0) is 81.1 Å². The van der Waals surface area contributed by atoms with Crippen LogP contribution in [0.3, 0.4) is 0 Å². The Morgan fingerprint density at radius 3 is 2.53 bits per heavy atom. The predicted molar refractivity (Wildman–Crippen MR) is 126 cm³/mol. The number of hydrogen-bond donors (Lipinski definition) is 3. The van der Waals surface area contributed by atoms with Crippen molar-refractivity contribution in [2.24, 2.45) is 34.5 Å². The van der Waals surface area contributed by atoms with Crippen LogP contribution in [0.5, 0.6) is 0 Å². The Kier molecular flexibility index (Phi) is 5.70. The van der Waals surface area contributed by atoms with Crippen LogP contribution in [-0.4, -0.2) is 51.5 Å².